The predicted molar refractivity (Wildman–Crippen MR) is 133 cm³/mol. The maximum atomic E-state index is 12.8. The summed E-state index contributed by atoms with van der Waals surface area (Å²) in [7, 11) is 1.56. The molecular formula is C24H21ClN6O2S. The fourth-order valence-corrected chi connectivity index (χ4v) is 4.33. The molecule has 10 heteroatoms. The quantitative estimate of drug-likeness (QED) is 0.345. The van der Waals surface area contributed by atoms with Gasteiger partial charge in [0.05, 0.1) is 24.0 Å². The molecule has 0 fully saturated rings. The molecule has 0 atom stereocenters. The van der Waals surface area contributed by atoms with Crippen LogP contribution in [0, 0.1) is 25.2 Å². The molecule has 172 valence electrons. The maximum Gasteiger partial charge on any atom is 0.236 e. The number of amides is 1. The fourth-order valence-electron chi connectivity index (χ4n) is 3.56. The van der Waals surface area contributed by atoms with Gasteiger partial charge in [-0.3, -0.25) is 14.5 Å². The van der Waals surface area contributed by atoms with Crippen LogP contribution in [-0.2, 0) is 4.79 Å². The summed E-state index contributed by atoms with van der Waals surface area (Å²) in [5.74, 6) is 1.33. The number of nitriles is 1. The van der Waals surface area contributed by atoms with Crippen molar-refractivity contribution in [3.8, 4) is 28.9 Å². The van der Waals surface area contributed by atoms with Crippen LogP contribution < -0.4 is 10.1 Å². The van der Waals surface area contributed by atoms with Crippen molar-refractivity contribution in [2.24, 2.45) is 0 Å². The number of rotatable bonds is 7. The van der Waals surface area contributed by atoms with Crippen molar-refractivity contribution in [2.45, 2.75) is 19.0 Å². The van der Waals surface area contributed by atoms with Gasteiger partial charge in [0.25, 0.3) is 0 Å². The van der Waals surface area contributed by atoms with Crippen LogP contribution in [0.5, 0.6) is 5.75 Å². The summed E-state index contributed by atoms with van der Waals surface area (Å²) in [5, 5.41) is 20.6. The standard InChI is InChI=1S/C24H21ClN6O2S/c1-14-15(2)31(17-7-5-4-6-8-17)23(19(14)12-26)27-21(32)13-34-24-28-22(29-30-24)18-11-16(25)9-10-20(18)33-3/h4-11H,13H2,1-3H3,(H,27,32)(H,28,29,30). The summed E-state index contributed by atoms with van der Waals surface area (Å²) in [6, 6.07) is 17.0. The van der Waals surface area contributed by atoms with E-state index in [1.807, 2.05) is 48.7 Å². The molecule has 2 heterocycles. The summed E-state index contributed by atoms with van der Waals surface area (Å²) >= 11 is 7.28. The normalized spacial score (nSPS) is 10.7. The largest absolute Gasteiger partial charge is 0.496 e. The molecule has 34 heavy (non-hydrogen) atoms. The Bertz CT molecular complexity index is 1390. The number of methoxy groups -OCH3 is 1. The minimum atomic E-state index is -0.275. The number of ether oxygens (including phenoxy) is 1. The van der Waals surface area contributed by atoms with Crippen molar-refractivity contribution in [3.63, 3.8) is 0 Å². The maximum absolute atomic E-state index is 12.8. The number of nitrogens with zero attached hydrogens (tertiary/aromatic N) is 4. The fraction of sp³-hybridized carbons (Fsp3) is 0.167. The molecule has 0 saturated heterocycles. The Balaban J connectivity index is 1.52. The van der Waals surface area contributed by atoms with Gasteiger partial charge in [-0.2, -0.15) is 5.26 Å². The lowest BCUT2D eigenvalue weighted by Gasteiger charge is -2.13. The number of halogens is 1. The van der Waals surface area contributed by atoms with Gasteiger partial charge in [0.2, 0.25) is 11.1 Å². The summed E-state index contributed by atoms with van der Waals surface area (Å²) < 4.78 is 7.25. The lowest BCUT2D eigenvalue weighted by atomic mass is 10.2. The van der Waals surface area contributed by atoms with Gasteiger partial charge in [0.15, 0.2) is 5.82 Å². The Morgan fingerprint density at radius 2 is 2.03 bits per heavy atom. The van der Waals surface area contributed by atoms with Crippen LogP contribution in [0.15, 0.2) is 53.7 Å². The first kappa shape index (κ1) is 23.4. The van der Waals surface area contributed by atoms with Crippen LogP contribution in [0.3, 0.4) is 0 Å². The molecule has 0 saturated carbocycles. The van der Waals surface area contributed by atoms with Crippen molar-refractivity contribution in [2.75, 3.05) is 18.2 Å². The summed E-state index contributed by atoms with van der Waals surface area (Å²) in [4.78, 5) is 17.3. The van der Waals surface area contributed by atoms with E-state index >= 15 is 0 Å². The van der Waals surface area contributed by atoms with E-state index < -0.39 is 0 Å². The molecule has 1 amide bonds. The highest BCUT2D eigenvalue weighted by molar-refractivity contribution is 7.99. The van der Waals surface area contributed by atoms with Crippen LogP contribution in [0.1, 0.15) is 16.8 Å². The van der Waals surface area contributed by atoms with Crippen molar-refractivity contribution >= 4 is 35.1 Å². The second-order valence-electron chi connectivity index (χ2n) is 7.36. The van der Waals surface area contributed by atoms with Gasteiger partial charge in [-0.1, -0.05) is 41.6 Å². The topological polar surface area (TPSA) is 109 Å². The van der Waals surface area contributed by atoms with Crippen molar-refractivity contribution < 1.29 is 9.53 Å². The molecular weight excluding hydrogens is 472 g/mol. The van der Waals surface area contributed by atoms with E-state index in [0.29, 0.717) is 38.7 Å². The highest BCUT2D eigenvalue weighted by Gasteiger charge is 2.21. The number of para-hydroxylation sites is 1. The first-order chi connectivity index (χ1) is 16.4. The zero-order valence-electron chi connectivity index (χ0n) is 18.7. The van der Waals surface area contributed by atoms with E-state index in [-0.39, 0.29) is 11.7 Å². The first-order valence-corrected chi connectivity index (χ1v) is 11.7. The molecule has 0 spiro atoms. The Hall–Kier alpha value is -3.74. The molecule has 0 aliphatic heterocycles. The molecule has 0 unspecified atom stereocenters. The highest BCUT2D eigenvalue weighted by atomic mass is 35.5. The summed E-state index contributed by atoms with van der Waals surface area (Å²) in [5.41, 5.74) is 3.68. The molecule has 0 aliphatic carbocycles. The average Bonchev–Trinajstić information content (AvgIpc) is 3.41. The zero-order valence-corrected chi connectivity index (χ0v) is 20.3. The number of aromatic amines is 1. The van der Waals surface area contributed by atoms with Gasteiger partial charge < -0.3 is 10.1 Å². The lowest BCUT2D eigenvalue weighted by Crippen LogP contribution is -2.17. The SMILES string of the molecule is COc1ccc(Cl)cc1-c1nc(SCC(=O)Nc2c(C#N)c(C)c(C)n2-c2ccccc2)n[nH]1. The number of hydrogen-bond donors (Lipinski definition) is 2. The number of carbonyl (C=O) groups excluding carboxylic acids is 1. The van der Waals surface area contributed by atoms with Gasteiger partial charge in [-0.05, 0) is 49.7 Å². The molecule has 8 nitrogen and oxygen atoms in total. The van der Waals surface area contributed by atoms with E-state index in [4.69, 9.17) is 16.3 Å². The monoisotopic (exact) mass is 492 g/mol. The Morgan fingerprint density at radius 1 is 1.26 bits per heavy atom. The molecule has 2 aromatic heterocycles. The number of benzene rings is 2. The third kappa shape index (κ3) is 4.64. The van der Waals surface area contributed by atoms with Crippen LogP contribution in [-0.4, -0.2) is 38.5 Å². The minimum Gasteiger partial charge on any atom is -0.496 e. The number of hydrogen-bond acceptors (Lipinski definition) is 6. The van der Waals surface area contributed by atoms with Crippen LogP contribution in [0.25, 0.3) is 17.1 Å². The number of thioether (sulfide) groups is 1. The summed E-state index contributed by atoms with van der Waals surface area (Å²) in [6.07, 6.45) is 0. The second kappa shape index (κ2) is 10.0. The van der Waals surface area contributed by atoms with Crippen LogP contribution >= 0.6 is 23.4 Å². The minimum absolute atomic E-state index is 0.0624. The third-order valence-corrected chi connectivity index (χ3v) is 6.39. The molecule has 2 N–H and O–H groups in total. The average molecular weight is 493 g/mol. The Kier molecular flexibility index (Phi) is 6.91. The number of nitrogens with one attached hydrogen (secondary N) is 2. The van der Waals surface area contributed by atoms with E-state index in [0.717, 1.165) is 16.9 Å². The van der Waals surface area contributed by atoms with Crippen LogP contribution in [0.4, 0.5) is 5.82 Å². The Labute approximate surface area is 205 Å². The molecule has 0 radical (unpaired) electrons. The number of carbonyl (C=O) groups is 1. The van der Waals surface area contributed by atoms with Gasteiger partial charge in [-0.15, -0.1) is 5.10 Å². The summed E-state index contributed by atoms with van der Waals surface area (Å²) in [6.45, 7) is 3.80. The van der Waals surface area contributed by atoms with Gasteiger partial charge >= 0.3 is 0 Å². The van der Waals surface area contributed by atoms with Crippen molar-refractivity contribution in [1.82, 2.24) is 19.7 Å². The molecule has 4 aromatic rings. The zero-order chi connectivity index (χ0) is 24.2. The second-order valence-corrected chi connectivity index (χ2v) is 8.74. The number of anilines is 1. The van der Waals surface area contributed by atoms with E-state index in [1.54, 1.807) is 25.3 Å². The van der Waals surface area contributed by atoms with E-state index in [1.165, 1.54) is 11.8 Å². The van der Waals surface area contributed by atoms with Gasteiger partial charge in [0.1, 0.15) is 17.6 Å². The molecule has 4 rings (SSSR count). The number of H-pyrrole nitrogens is 1. The predicted octanol–water partition coefficient (Wildman–Crippen LogP) is 5.14. The van der Waals surface area contributed by atoms with Crippen LogP contribution in [0.2, 0.25) is 5.02 Å². The van der Waals surface area contributed by atoms with Gasteiger partial charge in [-0.25, -0.2) is 4.98 Å². The third-order valence-electron chi connectivity index (χ3n) is 5.31. The van der Waals surface area contributed by atoms with Gasteiger partial charge in [0, 0.05) is 16.4 Å². The van der Waals surface area contributed by atoms with E-state index in [2.05, 4.69) is 26.6 Å². The van der Waals surface area contributed by atoms with E-state index in [9.17, 15) is 10.1 Å². The molecule has 0 bridgehead atoms. The number of aromatic nitrogens is 4. The smallest absolute Gasteiger partial charge is 0.236 e. The Morgan fingerprint density at radius 3 is 2.74 bits per heavy atom. The highest BCUT2D eigenvalue weighted by Crippen LogP contribution is 2.32. The lowest BCUT2D eigenvalue weighted by molar-refractivity contribution is -0.113. The molecule has 2 aromatic carbocycles. The first-order valence-electron chi connectivity index (χ1n) is 10.3. The molecule has 0 aliphatic rings. The van der Waals surface area contributed by atoms with Crippen molar-refractivity contribution in [3.05, 3.63) is 70.4 Å². The van der Waals surface area contributed by atoms with Crippen molar-refractivity contribution in [1.29, 1.82) is 5.26 Å².